The minimum absolute atomic E-state index is 0.371. The quantitative estimate of drug-likeness (QED) is 0.579. The summed E-state index contributed by atoms with van der Waals surface area (Å²) in [5.41, 5.74) is 4.19. The van der Waals surface area contributed by atoms with Crippen LogP contribution in [-0.2, 0) is 13.1 Å². The molecule has 1 aromatic carbocycles. The SMILES string of the molecule is CCNC(=NCc1cc(C)c(O)c(C)c1)NCc1sccc1C. The van der Waals surface area contributed by atoms with Gasteiger partial charge in [0.05, 0.1) is 13.1 Å². The maximum absolute atomic E-state index is 9.85. The van der Waals surface area contributed by atoms with Gasteiger partial charge >= 0.3 is 0 Å². The summed E-state index contributed by atoms with van der Waals surface area (Å²) in [6.45, 7) is 10.2. The highest BCUT2D eigenvalue weighted by molar-refractivity contribution is 7.10. The predicted octanol–water partition coefficient (Wildman–Crippen LogP) is 3.63. The van der Waals surface area contributed by atoms with Crippen molar-refractivity contribution in [3.8, 4) is 5.75 Å². The summed E-state index contributed by atoms with van der Waals surface area (Å²) in [7, 11) is 0. The lowest BCUT2D eigenvalue weighted by Crippen LogP contribution is -2.36. The highest BCUT2D eigenvalue weighted by atomic mass is 32.1. The fourth-order valence-electron chi connectivity index (χ4n) is 2.40. The van der Waals surface area contributed by atoms with Crippen molar-refractivity contribution in [2.24, 2.45) is 4.99 Å². The van der Waals surface area contributed by atoms with Gasteiger partial charge in [-0.15, -0.1) is 11.3 Å². The standard InChI is InChI=1S/C18H25N3OS/c1-5-19-18(21-11-16-12(2)6-7-23-16)20-10-15-8-13(3)17(22)14(4)9-15/h6-9,22H,5,10-11H2,1-4H3,(H2,19,20,21). The summed E-state index contributed by atoms with van der Waals surface area (Å²) in [4.78, 5) is 5.97. The number of phenols is 1. The molecule has 0 radical (unpaired) electrons. The fraction of sp³-hybridized carbons (Fsp3) is 0.389. The number of aromatic hydroxyl groups is 1. The van der Waals surface area contributed by atoms with Crippen LogP contribution in [0.5, 0.6) is 5.75 Å². The van der Waals surface area contributed by atoms with Crippen LogP contribution in [0.4, 0.5) is 0 Å². The normalized spacial score (nSPS) is 11.6. The Kier molecular flexibility index (Phi) is 6.04. The van der Waals surface area contributed by atoms with Gasteiger partial charge in [-0.05, 0) is 61.4 Å². The first-order valence-electron chi connectivity index (χ1n) is 7.85. The van der Waals surface area contributed by atoms with E-state index in [1.807, 2.05) is 26.0 Å². The first-order valence-corrected chi connectivity index (χ1v) is 8.73. The zero-order valence-corrected chi connectivity index (χ0v) is 15.0. The molecule has 0 aliphatic carbocycles. The topological polar surface area (TPSA) is 56.7 Å². The molecular weight excluding hydrogens is 306 g/mol. The molecule has 2 aromatic rings. The number of hydrogen-bond acceptors (Lipinski definition) is 3. The molecule has 3 N–H and O–H groups in total. The van der Waals surface area contributed by atoms with Crippen molar-refractivity contribution in [3.63, 3.8) is 0 Å². The van der Waals surface area contributed by atoms with Crippen LogP contribution in [0, 0.1) is 20.8 Å². The monoisotopic (exact) mass is 331 g/mol. The van der Waals surface area contributed by atoms with E-state index in [1.165, 1.54) is 10.4 Å². The van der Waals surface area contributed by atoms with Crippen LogP contribution in [-0.4, -0.2) is 17.6 Å². The number of nitrogens with zero attached hydrogens (tertiary/aromatic N) is 1. The van der Waals surface area contributed by atoms with Gasteiger partial charge in [0.2, 0.25) is 0 Å². The molecule has 1 aromatic heterocycles. The number of aliphatic imine (C=N–C) groups is 1. The van der Waals surface area contributed by atoms with Gasteiger partial charge in [0.25, 0.3) is 0 Å². The van der Waals surface area contributed by atoms with Gasteiger partial charge in [-0.25, -0.2) is 4.99 Å². The van der Waals surface area contributed by atoms with Crippen LogP contribution in [0.25, 0.3) is 0 Å². The summed E-state index contributed by atoms with van der Waals surface area (Å²) in [6, 6.07) is 6.10. The first kappa shape index (κ1) is 17.3. The predicted molar refractivity (Wildman–Crippen MR) is 98.3 cm³/mol. The summed E-state index contributed by atoms with van der Waals surface area (Å²) < 4.78 is 0. The smallest absolute Gasteiger partial charge is 0.191 e. The Morgan fingerprint density at radius 1 is 1.13 bits per heavy atom. The van der Waals surface area contributed by atoms with E-state index in [0.717, 1.165) is 35.7 Å². The molecule has 0 spiro atoms. The van der Waals surface area contributed by atoms with Gasteiger partial charge in [0, 0.05) is 11.4 Å². The largest absolute Gasteiger partial charge is 0.507 e. The number of nitrogens with one attached hydrogen (secondary N) is 2. The fourth-order valence-corrected chi connectivity index (χ4v) is 3.24. The maximum atomic E-state index is 9.85. The molecule has 0 saturated carbocycles. The Labute approximate surface area is 142 Å². The van der Waals surface area contributed by atoms with Gasteiger partial charge < -0.3 is 15.7 Å². The van der Waals surface area contributed by atoms with Crippen LogP contribution in [0.3, 0.4) is 0 Å². The Hall–Kier alpha value is -2.01. The van der Waals surface area contributed by atoms with Crippen molar-refractivity contribution in [3.05, 3.63) is 50.7 Å². The maximum Gasteiger partial charge on any atom is 0.191 e. The van der Waals surface area contributed by atoms with E-state index >= 15 is 0 Å². The summed E-state index contributed by atoms with van der Waals surface area (Å²) in [5, 5.41) is 18.6. The Morgan fingerprint density at radius 2 is 1.83 bits per heavy atom. The zero-order chi connectivity index (χ0) is 16.8. The molecule has 0 saturated heterocycles. The molecule has 0 aliphatic rings. The lowest BCUT2D eigenvalue weighted by atomic mass is 10.1. The molecule has 2 rings (SSSR count). The molecule has 23 heavy (non-hydrogen) atoms. The molecule has 0 aliphatic heterocycles. The minimum atomic E-state index is 0.371. The van der Waals surface area contributed by atoms with Crippen LogP contribution < -0.4 is 10.6 Å². The lowest BCUT2D eigenvalue weighted by Gasteiger charge is -2.12. The molecule has 0 amide bonds. The van der Waals surface area contributed by atoms with Crippen LogP contribution >= 0.6 is 11.3 Å². The molecule has 0 atom stereocenters. The molecule has 0 fully saturated rings. The molecule has 4 nitrogen and oxygen atoms in total. The summed E-state index contributed by atoms with van der Waals surface area (Å²) in [5.74, 6) is 1.18. The lowest BCUT2D eigenvalue weighted by molar-refractivity contribution is 0.466. The van der Waals surface area contributed by atoms with Crippen molar-refractivity contribution in [1.29, 1.82) is 0 Å². The van der Waals surface area contributed by atoms with Gasteiger partial charge in [0.15, 0.2) is 5.96 Å². The molecule has 5 heteroatoms. The Bertz CT molecular complexity index is 668. The highest BCUT2D eigenvalue weighted by Crippen LogP contribution is 2.23. The second kappa shape index (κ2) is 8.02. The van der Waals surface area contributed by atoms with E-state index in [2.05, 4.69) is 40.9 Å². The average molecular weight is 331 g/mol. The van der Waals surface area contributed by atoms with Crippen molar-refractivity contribution in [2.45, 2.75) is 40.8 Å². The third kappa shape index (κ3) is 4.73. The van der Waals surface area contributed by atoms with Gasteiger partial charge in [-0.2, -0.15) is 0 Å². The highest BCUT2D eigenvalue weighted by Gasteiger charge is 2.05. The number of phenolic OH excluding ortho intramolecular Hbond substituents is 1. The second-order valence-corrected chi connectivity index (χ2v) is 6.65. The summed E-state index contributed by atoms with van der Waals surface area (Å²) in [6.07, 6.45) is 0. The first-order chi connectivity index (χ1) is 11.0. The number of benzene rings is 1. The summed E-state index contributed by atoms with van der Waals surface area (Å²) >= 11 is 1.76. The van der Waals surface area contributed by atoms with Crippen LogP contribution in [0.2, 0.25) is 0 Å². The minimum Gasteiger partial charge on any atom is -0.507 e. The van der Waals surface area contributed by atoms with Gasteiger partial charge in [-0.3, -0.25) is 0 Å². The van der Waals surface area contributed by atoms with E-state index in [-0.39, 0.29) is 0 Å². The van der Waals surface area contributed by atoms with Crippen LogP contribution in [0.1, 0.15) is 34.1 Å². The van der Waals surface area contributed by atoms with E-state index < -0.39 is 0 Å². The van der Waals surface area contributed by atoms with E-state index in [4.69, 9.17) is 0 Å². The average Bonchev–Trinajstić information content (AvgIpc) is 2.92. The van der Waals surface area contributed by atoms with E-state index in [0.29, 0.717) is 12.3 Å². The second-order valence-electron chi connectivity index (χ2n) is 5.65. The molecule has 1 heterocycles. The van der Waals surface area contributed by atoms with Gasteiger partial charge in [0.1, 0.15) is 5.75 Å². The number of aryl methyl sites for hydroxylation is 3. The Balaban J connectivity index is 2.05. The molecule has 124 valence electrons. The number of rotatable bonds is 5. The van der Waals surface area contributed by atoms with Crippen molar-refractivity contribution in [1.82, 2.24) is 10.6 Å². The molecule has 0 bridgehead atoms. The van der Waals surface area contributed by atoms with Crippen molar-refractivity contribution >= 4 is 17.3 Å². The third-order valence-electron chi connectivity index (χ3n) is 3.70. The van der Waals surface area contributed by atoms with Crippen molar-refractivity contribution in [2.75, 3.05) is 6.54 Å². The zero-order valence-electron chi connectivity index (χ0n) is 14.2. The van der Waals surface area contributed by atoms with E-state index in [9.17, 15) is 5.11 Å². The van der Waals surface area contributed by atoms with E-state index in [1.54, 1.807) is 11.3 Å². The number of thiophene rings is 1. The van der Waals surface area contributed by atoms with Gasteiger partial charge in [-0.1, -0.05) is 12.1 Å². The Morgan fingerprint density at radius 3 is 2.39 bits per heavy atom. The number of guanidine groups is 1. The molecular formula is C18H25N3OS. The third-order valence-corrected chi connectivity index (χ3v) is 4.72. The molecule has 0 unspecified atom stereocenters. The van der Waals surface area contributed by atoms with Crippen molar-refractivity contribution < 1.29 is 5.11 Å². The van der Waals surface area contributed by atoms with Crippen LogP contribution in [0.15, 0.2) is 28.6 Å². The number of hydrogen-bond donors (Lipinski definition) is 3.